The van der Waals surface area contributed by atoms with Crippen molar-refractivity contribution in [2.75, 3.05) is 11.9 Å². The topological polar surface area (TPSA) is 105 Å². The van der Waals surface area contributed by atoms with Gasteiger partial charge in [-0.2, -0.15) is 0 Å². The molecule has 2 aromatic heterocycles. The highest BCUT2D eigenvalue weighted by molar-refractivity contribution is 5.68. The van der Waals surface area contributed by atoms with Crippen LogP contribution in [0.25, 0.3) is 16.9 Å². The summed E-state index contributed by atoms with van der Waals surface area (Å²) >= 11 is 0. The van der Waals surface area contributed by atoms with E-state index < -0.39 is 6.17 Å². The maximum absolute atomic E-state index is 14.8. The van der Waals surface area contributed by atoms with Gasteiger partial charge in [0, 0.05) is 24.7 Å². The van der Waals surface area contributed by atoms with Crippen molar-refractivity contribution in [1.82, 2.24) is 35.5 Å². The molecule has 0 amide bonds. The van der Waals surface area contributed by atoms with E-state index >= 15 is 0 Å². The zero-order valence-corrected chi connectivity index (χ0v) is 15.6. The number of fused-ring (bicyclic) bond motifs is 2. The molecule has 5 rings (SSSR count). The summed E-state index contributed by atoms with van der Waals surface area (Å²) < 4.78 is 16.3. The van der Waals surface area contributed by atoms with Crippen LogP contribution in [-0.4, -0.2) is 66.6 Å². The molecule has 2 bridgehead atoms. The van der Waals surface area contributed by atoms with Crippen LogP contribution in [0.2, 0.25) is 0 Å². The first-order valence-corrected chi connectivity index (χ1v) is 9.31. The van der Waals surface area contributed by atoms with Gasteiger partial charge in [0.1, 0.15) is 17.6 Å². The van der Waals surface area contributed by atoms with E-state index in [2.05, 4.69) is 30.8 Å². The molecule has 3 aromatic rings. The Hall–Kier alpha value is -3.40. The minimum absolute atomic E-state index is 0.0278. The highest BCUT2D eigenvalue weighted by Gasteiger charge is 2.41. The van der Waals surface area contributed by atoms with Crippen LogP contribution in [0.15, 0.2) is 48.9 Å². The monoisotopic (exact) mass is 394 g/mol. The number of hydrogen-bond acceptors (Lipinski definition) is 8. The lowest BCUT2D eigenvalue weighted by molar-refractivity contribution is 0.186. The number of rotatable bonds is 4. The molecule has 148 valence electrons. The Balaban J connectivity index is 1.36. The molecular weight excluding hydrogens is 375 g/mol. The minimum Gasteiger partial charge on any atom is -0.507 e. The highest BCUT2D eigenvalue weighted by atomic mass is 19.1. The predicted molar refractivity (Wildman–Crippen MR) is 103 cm³/mol. The molecule has 9 nitrogen and oxygen atoms in total. The van der Waals surface area contributed by atoms with Gasteiger partial charge < -0.3 is 15.3 Å². The fourth-order valence-corrected chi connectivity index (χ4v) is 3.89. The number of anilines is 1. The normalized spacial score (nSPS) is 25.3. The summed E-state index contributed by atoms with van der Waals surface area (Å²) in [7, 11) is 1.78. The van der Waals surface area contributed by atoms with Crippen molar-refractivity contribution >= 4 is 5.95 Å². The molecule has 0 radical (unpaired) electrons. The molecule has 2 N–H and O–H groups in total. The fraction of sp³-hybridized carbons (Fsp3) is 0.316. The lowest BCUT2D eigenvalue weighted by Gasteiger charge is -2.38. The number of aromatic hydroxyl groups is 1. The molecule has 1 saturated heterocycles. The molecule has 0 aliphatic carbocycles. The average Bonchev–Trinajstić information content (AvgIpc) is 3.41. The molecular formula is C19H19FN8O. The van der Waals surface area contributed by atoms with Crippen LogP contribution in [0, 0.1) is 0 Å². The summed E-state index contributed by atoms with van der Waals surface area (Å²) in [6.45, 7) is 0. The maximum Gasteiger partial charge on any atom is 0.245 e. The van der Waals surface area contributed by atoms with E-state index in [1.807, 2.05) is 12.2 Å². The molecule has 4 atom stereocenters. The first-order chi connectivity index (χ1) is 14.1. The largest absolute Gasteiger partial charge is 0.507 e. The molecule has 0 spiro atoms. The van der Waals surface area contributed by atoms with Gasteiger partial charge in [0.05, 0.1) is 36.4 Å². The molecule has 0 saturated carbocycles. The second-order valence-electron chi connectivity index (χ2n) is 7.23. The van der Waals surface area contributed by atoms with E-state index in [9.17, 15) is 9.50 Å². The summed E-state index contributed by atoms with van der Waals surface area (Å²) in [6, 6.07) is 4.65. The van der Waals surface area contributed by atoms with Crippen LogP contribution in [0.3, 0.4) is 0 Å². The molecule has 4 heterocycles. The van der Waals surface area contributed by atoms with Crippen LogP contribution in [0.4, 0.5) is 10.3 Å². The third-order valence-corrected chi connectivity index (χ3v) is 5.47. The molecule has 2 unspecified atom stereocenters. The molecule has 2 aliphatic rings. The van der Waals surface area contributed by atoms with Gasteiger partial charge in [0.25, 0.3) is 0 Å². The number of alkyl halides is 1. The zero-order valence-electron chi connectivity index (χ0n) is 15.6. The number of hydrogen-bond donors (Lipinski definition) is 2. The first kappa shape index (κ1) is 17.7. The standard InChI is InChI=1S/C19H19FN8O/c1-27(16-8-11-2-5-14(23-11)18(16)20)19-21-10-15(24-25-19)13-4-3-12(9-17(13)29)28-7-6-22-26-28/h2-7,9-11,14,16,18,23,29H,8H2,1H3/t11?,14?,16-,18-/m0/s1. The predicted octanol–water partition coefficient (Wildman–Crippen LogP) is 1.27. The Kier molecular flexibility index (Phi) is 4.20. The van der Waals surface area contributed by atoms with Crippen molar-refractivity contribution in [2.45, 2.75) is 30.7 Å². The van der Waals surface area contributed by atoms with Crippen molar-refractivity contribution in [1.29, 1.82) is 0 Å². The van der Waals surface area contributed by atoms with Gasteiger partial charge in [0.15, 0.2) is 0 Å². The molecule has 10 heteroatoms. The average molecular weight is 394 g/mol. The van der Waals surface area contributed by atoms with E-state index in [1.165, 1.54) is 6.20 Å². The molecule has 2 aliphatic heterocycles. The summed E-state index contributed by atoms with van der Waals surface area (Å²) in [6.07, 6.45) is 8.26. The Labute approximate surface area is 165 Å². The third-order valence-electron chi connectivity index (χ3n) is 5.47. The molecule has 1 aromatic carbocycles. The van der Waals surface area contributed by atoms with Crippen LogP contribution >= 0.6 is 0 Å². The number of aromatic nitrogens is 6. The van der Waals surface area contributed by atoms with Gasteiger partial charge >= 0.3 is 0 Å². The smallest absolute Gasteiger partial charge is 0.245 e. The van der Waals surface area contributed by atoms with Crippen molar-refractivity contribution in [2.24, 2.45) is 0 Å². The number of phenolic OH excluding ortho intramolecular Hbond substituents is 1. The van der Waals surface area contributed by atoms with E-state index in [-0.39, 0.29) is 23.9 Å². The fourth-order valence-electron chi connectivity index (χ4n) is 3.89. The lowest BCUT2D eigenvalue weighted by Crippen LogP contribution is -2.56. The van der Waals surface area contributed by atoms with Crippen molar-refractivity contribution in [3.63, 3.8) is 0 Å². The van der Waals surface area contributed by atoms with E-state index in [0.29, 0.717) is 29.3 Å². The molecule has 1 fully saturated rings. The Morgan fingerprint density at radius 3 is 2.90 bits per heavy atom. The highest BCUT2D eigenvalue weighted by Crippen LogP contribution is 2.31. The van der Waals surface area contributed by atoms with Gasteiger partial charge in [0.2, 0.25) is 5.95 Å². The number of nitrogens with zero attached hydrogens (tertiary/aromatic N) is 7. The third kappa shape index (κ3) is 3.11. The van der Waals surface area contributed by atoms with Gasteiger partial charge in [-0.25, -0.2) is 14.1 Å². The van der Waals surface area contributed by atoms with Gasteiger partial charge in [-0.1, -0.05) is 17.4 Å². The first-order valence-electron chi connectivity index (χ1n) is 9.31. The van der Waals surface area contributed by atoms with E-state index in [4.69, 9.17) is 0 Å². The summed E-state index contributed by atoms with van der Waals surface area (Å²) in [4.78, 5) is 6.09. The number of piperidine rings is 1. The van der Waals surface area contributed by atoms with Crippen LogP contribution in [0.1, 0.15) is 6.42 Å². The maximum atomic E-state index is 14.8. The van der Waals surface area contributed by atoms with Gasteiger partial charge in [-0.05, 0) is 18.6 Å². The quantitative estimate of drug-likeness (QED) is 0.638. The minimum atomic E-state index is -1.05. The van der Waals surface area contributed by atoms with Crippen LogP contribution in [0.5, 0.6) is 5.75 Å². The Morgan fingerprint density at radius 2 is 2.17 bits per heavy atom. The SMILES string of the molecule is CN(c1ncc(-c2ccc(-n3ccnn3)cc2O)nn1)[C@H]1CC2C=CC(N2)[C@@H]1F. The summed E-state index contributed by atoms with van der Waals surface area (Å²) in [5.74, 6) is 0.376. The van der Waals surface area contributed by atoms with Crippen molar-refractivity contribution < 1.29 is 9.50 Å². The number of halogens is 1. The Morgan fingerprint density at radius 1 is 1.28 bits per heavy atom. The second kappa shape index (κ2) is 6.89. The van der Waals surface area contributed by atoms with E-state index in [1.54, 1.807) is 47.2 Å². The van der Waals surface area contributed by atoms with Crippen molar-refractivity contribution in [3.8, 4) is 22.7 Å². The number of nitrogens with one attached hydrogen (secondary N) is 1. The summed E-state index contributed by atoms with van der Waals surface area (Å²) in [5, 5.41) is 29.6. The van der Waals surface area contributed by atoms with Crippen LogP contribution in [-0.2, 0) is 0 Å². The van der Waals surface area contributed by atoms with E-state index in [0.717, 1.165) is 0 Å². The second-order valence-corrected chi connectivity index (χ2v) is 7.23. The van der Waals surface area contributed by atoms with Gasteiger partial charge in [-0.3, -0.25) is 0 Å². The lowest BCUT2D eigenvalue weighted by atomic mass is 9.96. The Bertz CT molecular complexity index is 1040. The number of phenols is 1. The van der Waals surface area contributed by atoms with Crippen LogP contribution < -0.4 is 10.2 Å². The molecule has 29 heavy (non-hydrogen) atoms. The van der Waals surface area contributed by atoms with Crippen molar-refractivity contribution in [3.05, 3.63) is 48.9 Å². The number of benzene rings is 1. The van der Waals surface area contributed by atoms with Gasteiger partial charge in [-0.15, -0.1) is 15.3 Å². The summed E-state index contributed by atoms with van der Waals surface area (Å²) in [5.41, 5.74) is 1.59. The zero-order chi connectivity index (χ0) is 20.0.